The number of halogens is 2. The van der Waals surface area contributed by atoms with Gasteiger partial charge < -0.3 is 10.2 Å². The largest absolute Gasteiger partial charge is 0.381 e. The molecule has 0 radical (unpaired) electrons. The Bertz CT molecular complexity index is 658. The number of hydrogen-bond donors (Lipinski definition) is 1. The van der Waals surface area contributed by atoms with E-state index in [-0.39, 0.29) is 10.9 Å². The fourth-order valence-electron chi connectivity index (χ4n) is 1.87. The van der Waals surface area contributed by atoms with Crippen molar-refractivity contribution in [3.05, 3.63) is 64.4 Å². The summed E-state index contributed by atoms with van der Waals surface area (Å²) >= 11 is 5.74. The monoisotopic (exact) mass is 306 g/mol. The summed E-state index contributed by atoms with van der Waals surface area (Å²) in [6, 6.07) is 11.8. The number of anilines is 1. The molecule has 0 fully saturated rings. The molecule has 1 N–H and O–H groups in total. The van der Waals surface area contributed by atoms with Gasteiger partial charge in [-0.1, -0.05) is 23.7 Å². The molecule has 2 aromatic carbocycles. The maximum Gasteiger partial charge on any atom is 0.253 e. The van der Waals surface area contributed by atoms with E-state index in [0.29, 0.717) is 12.1 Å². The standard InChI is InChI=1S/C16H16ClFN2O/c1-20(2)16(21)12-4-3-5-13(9-12)19-10-11-6-7-15(18)14(17)8-11/h3-9,19H,10H2,1-2H3. The molecule has 3 nitrogen and oxygen atoms in total. The first-order chi connectivity index (χ1) is 9.97. The highest BCUT2D eigenvalue weighted by molar-refractivity contribution is 6.30. The summed E-state index contributed by atoms with van der Waals surface area (Å²) in [7, 11) is 3.42. The van der Waals surface area contributed by atoms with Crippen LogP contribution in [0.2, 0.25) is 5.02 Å². The second-order valence-electron chi connectivity index (χ2n) is 4.88. The van der Waals surface area contributed by atoms with Crippen molar-refractivity contribution in [2.45, 2.75) is 6.54 Å². The number of benzene rings is 2. The number of rotatable bonds is 4. The molecule has 0 saturated carbocycles. The van der Waals surface area contributed by atoms with Crippen LogP contribution in [-0.2, 0) is 6.54 Å². The van der Waals surface area contributed by atoms with Crippen molar-refractivity contribution in [1.82, 2.24) is 4.90 Å². The number of nitrogens with one attached hydrogen (secondary N) is 1. The Balaban J connectivity index is 2.08. The molecule has 2 rings (SSSR count). The Morgan fingerprint density at radius 2 is 2.00 bits per heavy atom. The molecule has 2 aromatic rings. The minimum absolute atomic E-state index is 0.0523. The van der Waals surface area contributed by atoms with Crippen LogP contribution in [0.3, 0.4) is 0 Å². The lowest BCUT2D eigenvalue weighted by atomic mass is 10.1. The second kappa shape index (κ2) is 6.59. The van der Waals surface area contributed by atoms with E-state index in [2.05, 4.69) is 5.32 Å². The molecule has 21 heavy (non-hydrogen) atoms. The van der Waals surface area contributed by atoms with Gasteiger partial charge in [0.2, 0.25) is 0 Å². The van der Waals surface area contributed by atoms with Crippen LogP contribution in [0.25, 0.3) is 0 Å². The molecule has 0 aromatic heterocycles. The Morgan fingerprint density at radius 1 is 1.24 bits per heavy atom. The summed E-state index contributed by atoms with van der Waals surface area (Å²) < 4.78 is 13.1. The average Bonchev–Trinajstić information content (AvgIpc) is 2.48. The highest BCUT2D eigenvalue weighted by atomic mass is 35.5. The first-order valence-corrected chi connectivity index (χ1v) is 6.84. The quantitative estimate of drug-likeness (QED) is 0.932. The molecule has 110 valence electrons. The minimum Gasteiger partial charge on any atom is -0.381 e. The molecular formula is C16H16ClFN2O. The van der Waals surface area contributed by atoms with Crippen LogP contribution >= 0.6 is 11.6 Å². The fraction of sp³-hybridized carbons (Fsp3) is 0.188. The van der Waals surface area contributed by atoms with Crippen LogP contribution in [-0.4, -0.2) is 24.9 Å². The molecule has 0 aliphatic heterocycles. The van der Waals surface area contributed by atoms with Crippen molar-refractivity contribution in [3.8, 4) is 0 Å². The molecule has 0 bridgehead atoms. The van der Waals surface area contributed by atoms with Gasteiger partial charge in [-0.15, -0.1) is 0 Å². The van der Waals surface area contributed by atoms with Gasteiger partial charge in [0.05, 0.1) is 5.02 Å². The smallest absolute Gasteiger partial charge is 0.253 e. The lowest BCUT2D eigenvalue weighted by Gasteiger charge is -2.12. The first-order valence-electron chi connectivity index (χ1n) is 6.47. The molecular weight excluding hydrogens is 291 g/mol. The van der Waals surface area contributed by atoms with Gasteiger partial charge in [0, 0.05) is 31.9 Å². The number of carbonyl (C=O) groups excluding carboxylic acids is 1. The zero-order valence-corrected chi connectivity index (χ0v) is 12.6. The van der Waals surface area contributed by atoms with E-state index in [1.165, 1.54) is 11.0 Å². The van der Waals surface area contributed by atoms with Crippen LogP contribution in [0, 0.1) is 5.82 Å². The van der Waals surface area contributed by atoms with E-state index < -0.39 is 5.82 Å². The summed E-state index contributed by atoms with van der Waals surface area (Å²) in [6.45, 7) is 0.500. The van der Waals surface area contributed by atoms with Gasteiger partial charge in [-0.25, -0.2) is 4.39 Å². The Labute approximate surface area is 128 Å². The molecule has 0 atom stereocenters. The third-order valence-electron chi connectivity index (χ3n) is 3.00. The van der Waals surface area contributed by atoms with E-state index >= 15 is 0 Å². The van der Waals surface area contributed by atoms with E-state index in [4.69, 9.17) is 11.6 Å². The number of carbonyl (C=O) groups is 1. The van der Waals surface area contributed by atoms with E-state index in [0.717, 1.165) is 11.3 Å². The highest BCUT2D eigenvalue weighted by Crippen LogP contribution is 2.18. The van der Waals surface area contributed by atoms with Crippen LogP contribution in [0.5, 0.6) is 0 Å². The summed E-state index contributed by atoms with van der Waals surface area (Å²) in [6.07, 6.45) is 0. The zero-order valence-electron chi connectivity index (χ0n) is 11.9. The number of hydrogen-bond acceptors (Lipinski definition) is 2. The molecule has 5 heteroatoms. The lowest BCUT2D eigenvalue weighted by Crippen LogP contribution is -2.21. The van der Waals surface area contributed by atoms with Gasteiger partial charge in [-0.05, 0) is 35.9 Å². The average molecular weight is 307 g/mol. The maximum absolute atomic E-state index is 13.1. The van der Waals surface area contributed by atoms with Crippen LogP contribution in [0.15, 0.2) is 42.5 Å². The molecule has 0 spiro atoms. The summed E-state index contributed by atoms with van der Waals surface area (Å²) in [5, 5.41) is 3.29. The Morgan fingerprint density at radius 3 is 2.67 bits per heavy atom. The van der Waals surface area contributed by atoms with Crippen molar-refractivity contribution in [3.63, 3.8) is 0 Å². The Hall–Kier alpha value is -2.07. The zero-order chi connectivity index (χ0) is 15.4. The predicted octanol–water partition coefficient (Wildman–Crippen LogP) is 3.79. The SMILES string of the molecule is CN(C)C(=O)c1cccc(NCc2ccc(F)c(Cl)c2)c1. The third kappa shape index (κ3) is 3.95. The van der Waals surface area contributed by atoms with E-state index in [9.17, 15) is 9.18 Å². The molecule has 0 unspecified atom stereocenters. The van der Waals surface area contributed by atoms with Crippen LogP contribution in [0.4, 0.5) is 10.1 Å². The van der Waals surface area contributed by atoms with Gasteiger partial charge in [0.25, 0.3) is 5.91 Å². The van der Waals surface area contributed by atoms with Gasteiger partial charge in [-0.2, -0.15) is 0 Å². The fourth-order valence-corrected chi connectivity index (χ4v) is 2.08. The molecule has 0 aliphatic rings. The third-order valence-corrected chi connectivity index (χ3v) is 3.29. The van der Waals surface area contributed by atoms with Crippen molar-refractivity contribution in [1.29, 1.82) is 0 Å². The normalized spacial score (nSPS) is 10.3. The van der Waals surface area contributed by atoms with Crippen molar-refractivity contribution >= 4 is 23.2 Å². The molecule has 0 aliphatic carbocycles. The first kappa shape index (κ1) is 15.3. The number of nitrogens with zero attached hydrogens (tertiary/aromatic N) is 1. The molecule has 0 heterocycles. The summed E-state index contributed by atoms with van der Waals surface area (Å²) in [4.78, 5) is 13.4. The molecule has 0 saturated heterocycles. The Kier molecular flexibility index (Phi) is 4.81. The van der Waals surface area contributed by atoms with Crippen molar-refractivity contribution in [2.75, 3.05) is 19.4 Å². The number of amides is 1. The predicted molar refractivity (Wildman–Crippen MR) is 83.2 cm³/mol. The minimum atomic E-state index is -0.431. The lowest BCUT2D eigenvalue weighted by molar-refractivity contribution is 0.0827. The highest BCUT2D eigenvalue weighted by Gasteiger charge is 2.08. The summed E-state index contributed by atoms with van der Waals surface area (Å²) in [5.74, 6) is -0.484. The van der Waals surface area contributed by atoms with Gasteiger partial charge in [0.1, 0.15) is 5.82 Å². The topological polar surface area (TPSA) is 32.3 Å². The summed E-state index contributed by atoms with van der Waals surface area (Å²) in [5.41, 5.74) is 2.30. The second-order valence-corrected chi connectivity index (χ2v) is 5.29. The van der Waals surface area contributed by atoms with Crippen molar-refractivity contribution in [2.24, 2.45) is 0 Å². The van der Waals surface area contributed by atoms with Gasteiger partial charge in [-0.3, -0.25) is 4.79 Å². The maximum atomic E-state index is 13.1. The van der Waals surface area contributed by atoms with Crippen LogP contribution < -0.4 is 5.32 Å². The van der Waals surface area contributed by atoms with Crippen LogP contribution in [0.1, 0.15) is 15.9 Å². The molecule has 1 amide bonds. The van der Waals surface area contributed by atoms with E-state index in [1.807, 2.05) is 12.1 Å². The van der Waals surface area contributed by atoms with Gasteiger partial charge >= 0.3 is 0 Å². The van der Waals surface area contributed by atoms with E-state index in [1.54, 1.807) is 38.4 Å². The van der Waals surface area contributed by atoms with Gasteiger partial charge in [0.15, 0.2) is 0 Å². The van der Waals surface area contributed by atoms with Crippen molar-refractivity contribution < 1.29 is 9.18 Å².